The molecule has 0 aliphatic carbocycles. The Balaban J connectivity index is 1.60. The van der Waals surface area contributed by atoms with Gasteiger partial charge in [0.25, 0.3) is 5.91 Å². The second-order valence-corrected chi connectivity index (χ2v) is 6.40. The van der Waals surface area contributed by atoms with Crippen molar-refractivity contribution in [1.82, 2.24) is 9.88 Å². The van der Waals surface area contributed by atoms with Gasteiger partial charge in [0.05, 0.1) is 13.2 Å². The quantitative estimate of drug-likeness (QED) is 0.723. The number of hydrogen-bond donors (Lipinski definition) is 1. The first kappa shape index (κ1) is 17.3. The highest BCUT2D eigenvalue weighted by atomic mass is 16.5. The van der Waals surface area contributed by atoms with E-state index in [2.05, 4.69) is 4.98 Å². The molecular formula is C21H20N2O4. The lowest BCUT2D eigenvalue weighted by atomic mass is 10.1. The summed E-state index contributed by atoms with van der Waals surface area (Å²) in [5.41, 5.74) is 1.82. The minimum atomic E-state index is -0.983. The van der Waals surface area contributed by atoms with E-state index in [-0.39, 0.29) is 5.91 Å². The van der Waals surface area contributed by atoms with Gasteiger partial charge < -0.3 is 19.4 Å². The Hall–Kier alpha value is -3.12. The second kappa shape index (κ2) is 7.63. The van der Waals surface area contributed by atoms with E-state index < -0.39 is 12.1 Å². The lowest BCUT2D eigenvalue weighted by Crippen LogP contribution is -2.44. The number of esters is 1. The number of rotatable bonds is 4. The number of amides is 1. The van der Waals surface area contributed by atoms with Gasteiger partial charge in [-0.25, -0.2) is 4.79 Å². The summed E-state index contributed by atoms with van der Waals surface area (Å²) in [5.74, 6) is -0.782. The highest BCUT2D eigenvalue weighted by Gasteiger charge is 2.31. The molecule has 138 valence electrons. The molecule has 1 amide bonds. The normalized spacial score (nSPS) is 15.5. The van der Waals surface area contributed by atoms with Gasteiger partial charge in [0.2, 0.25) is 6.10 Å². The molecule has 0 unspecified atom stereocenters. The maximum atomic E-state index is 13.0. The van der Waals surface area contributed by atoms with Crippen molar-refractivity contribution in [1.29, 1.82) is 0 Å². The van der Waals surface area contributed by atoms with E-state index in [4.69, 9.17) is 9.47 Å². The molecule has 0 spiro atoms. The van der Waals surface area contributed by atoms with E-state index in [9.17, 15) is 9.59 Å². The molecule has 3 aromatic rings. The van der Waals surface area contributed by atoms with Crippen molar-refractivity contribution in [3.05, 3.63) is 71.9 Å². The van der Waals surface area contributed by atoms with Gasteiger partial charge in [-0.05, 0) is 12.1 Å². The summed E-state index contributed by atoms with van der Waals surface area (Å²) in [5, 5.41) is 0.917. The number of hydrogen-bond acceptors (Lipinski definition) is 4. The highest BCUT2D eigenvalue weighted by molar-refractivity contribution is 5.96. The van der Waals surface area contributed by atoms with Crippen LogP contribution in [0, 0.1) is 0 Å². The number of benzene rings is 2. The average Bonchev–Trinajstić information content (AvgIpc) is 3.17. The van der Waals surface area contributed by atoms with Gasteiger partial charge in [-0.3, -0.25) is 4.79 Å². The third-order valence-electron chi connectivity index (χ3n) is 4.62. The summed E-state index contributed by atoms with van der Waals surface area (Å²) in [6.45, 7) is 1.96. The first-order chi connectivity index (χ1) is 13.2. The third kappa shape index (κ3) is 3.71. The number of H-pyrrole nitrogens is 1. The fourth-order valence-electron chi connectivity index (χ4n) is 3.19. The zero-order chi connectivity index (χ0) is 18.6. The number of para-hydroxylation sites is 1. The van der Waals surface area contributed by atoms with Crippen LogP contribution in [0.3, 0.4) is 0 Å². The topological polar surface area (TPSA) is 71.6 Å². The van der Waals surface area contributed by atoms with Crippen LogP contribution in [-0.2, 0) is 14.3 Å². The van der Waals surface area contributed by atoms with Crippen LogP contribution in [0.15, 0.2) is 60.7 Å². The van der Waals surface area contributed by atoms with Crippen LogP contribution in [0.4, 0.5) is 0 Å². The van der Waals surface area contributed by atoms with Crippen LogP contribution in [0.5, 0.6) is 0 Å². The van der Waals surface area contributed by atoms with Crippen LogP contribution >= 0.6 is 0 Å². The number of aromatic nitrogens is 1. The third-order valence-corrected chi connectivity index (χ3v) is 4.62. The van der Waals surface area contributed by atoms with Crippen LogP contribution in [0.1, 0.15) is 22.2 Å². The Kier molecular flexibility index (Phi) is 4.89. The Morgan fingerprint density at radius 3 is 2.44 bits per heavy atom. The van der Waals surface area contributed by atoms with Crippen LogP contribution < -0.4 is 0 Å². The molecule has 1 atom stereocenters. The molecule has 6 nitrogen and oxygen atoms in total. The molecule has 1 N–H and O–H groups in total. The van der Waals surface area contributed by atoms with Gasteiger partial charge >= 0.3 is 5.97 Å². The number of nitrogens with one attached hydrogen (secondary N) is 1. The van der Waals surface area contributed by atoms with Crippen molar-refractivity contribution in [3.63, 3.8) is 0 Å². The number of aromatic amines is 1. The first-order valence-electron chi connectivity index (χ1n) is 8.92. The smallest absolute Gasteiger partial charge is 0.355 e. The lowest BCUT2D eigenvalue weighted by Gasteiger charge is -2.30. The monoisotopic (exact) mass is 364 g/mol. The summed E-state index contributed by atoms with van der Waals surface area (Å²) >= 11 is 0. The van der Waals surface area contributed by atoms with Crippen molar-refractivity contribution in [3.8, 4) is 0 Å². The minimum Gasteiger partial charge on any atom is -0.443 e. The maximum absolute atomic E-state index is 13.0. The molecule has 27 heavy (non-hydrogen) atoms. The van der Waals surface area contributed by atoms with E-state index in [0.29, 0.717) is 37.6 Å². The lowest BCUT2D eigenvalue weighted by molar-refractivity contribution is -0.145. The SMILES string of the molecule is O=C(O[C@@H](C(=O)N1CCOCC1)c1ccccc1)c1cc2ccccc2[nH]1. The number of carbonyl (C=O) groups is 2. The van der Waals surface area contributed by atoms with E-state index >= 15 is 0 Å². The minimum absolute atomic E-state index is 0.228. The number of nitrogens with zero attached hydrogens (tertiary/aromatic N) is 1. The predicted molar refractivity (Wildman–Crippen MR) is 100 cm³/mol. The van der Waals surface area contributed by atoms with Crippen molar-refractivity contribution >= 4 is 22.8 Å². The summed E-state index contributed by atoms with van der Waals surface area (Å²) < 4.78 is 11.0. The van der Waals surface area contributed by atoms with E-state index in [0.717, 1.165) is 10.9 Å². The number of ether oxygens (including phenoxy) is 2. The van der Waals surface area contributed by atoms with Crippen molar-refractivity contribution < 1.29 is 19.1 Å². The Morgan fingerprint density at radius 2 is 1.70 bits per heavy atom. The molecule has 1 saturated heterocycles. The van der Waals surface area contributed by atoms with Gasteiger partial charge in [0.1, 0.15) is 5.69 Å². The fourth-order valence-corrected chi connectivity index (χ4v) is 3.19. The summed E-state index contributed by atoms with van der Waals surface area (Å²) in [7, 11) is 0. The van der Waals surface area contributed by atoms with Gasteiger partial charge in [-0.2, -0.15) is 0 Å². The summed E-state index contributed by atoms with van der Waals surface area (Å²) in [6, 6.07) is 18.4. The summed E-state index contributed by atoms with van der Waals surface area (Å²) in [4.78, 5) is 30.5. The Labute approximate surface area is 156 Å². The van der Waals surface area contributed by atoms with Crippen LogP contribution in [-0.4, -0.2) is 48.1 Å². The van der Waals surface area contributed by atoms with Gasteiger partial charge in [0, 0.05) is 29.6 Å². The number of carbonyl (C=O) groups excluding carboxylic acids is 2. The molecule has 2 aromatic carbocycles. The van der Waals surface area contributed by atoms with E-state index in [1.165, 1.54) is 0 Å². The van der Waals surface area contributed by atoms with Crippen LogP contribution in [0.25, 0.3) is 10.9 Å². The van der Waals surface area contributed by atoms with E-state index in [1.54, 1.807) is 23.1 Å². The second-order valence-electron chi connectivity index (χ2n) is 6.40. The fraction of sp³-hybridized carbons (Fsp3) is 0.238. The Bertz CT molecular complexity index is 912. The molecule has 4 rings (SSSR count). The van der Waals surface area contributed by atoms with Gasteiger partial charge in [0.15, 0.2) is 0 Å². The van der Waals surface area contributed by atoms with Crippen molar-refractivity contribution in [2.24, 2.45) is 0 Å². The predicted octanol–water partition coefficient (Wildman–Crippen LogP) is 2.92. The molecule has 0 radical (unpaired) electrons. The molecular weight excluding hydrogens is 344 g/mol. The maximum Gasteiger partial charge on any atom is 0.355 e. The number of fused-ring (bicyclic) bond motifs is 1. The standard InChI is InChI=1S/C21H20N2O4/c24-20(23-10-12-26-13-11-23)19(15-6-2-1-3-7-15)27-21(25)18-14-16-8-4-5-9-17(16)22-18/h1-9,14,19,22H,10-13H2/t19-/m1/s1. The zero-order valence-corrected chi connectivity index (χ0v) is 14.8. The van der Waals surface area contributed by atoms with Crippen LogP contribution in [0.2, 0.25) is 0 Å². The number of morpholine rings is 1. The molecule has 1 aromatic heterocycles. The van der Waals surface area contributed by atoms with E-state index in [1.807, 2.05) is 42.5 Å². The largest absolute Gasteiger partial charge is 0.443 e. The molecule has 6 heteroatoms. The van der Waals surface area contributed by atoms with Crippen molar-refractivity contribution in [2.45, 2.75) is 6.10 Å². The average molecular weight is 364 g/mol. The molecule has 0 bridgehead atoms. The van der Waals surface area contributed by atoms with Gasteiger partial charge in [-0.15, -0.1) is 0 Å². The zero-order valence-electron chi connectivity index (χ0n) is 14.8. The molecule has 1 fully saturated rings. The summed E-state index contributed by atoms with van der Waals surface area (Å²) in [6.07, 6.45) is -0.983. The molecule has 1 aliphatic rings. The molecule has 2 heterocycles. The first-order valence-corrected chi connectivity index (χ1v) is 8.92. The van der Waals surface area contributed by atoms with Gasteiger partial charge in [-0.1, -0.05) is 48.5 Å². The molecule has 1 aliphatic heterocycles. The molecule has 0 saturated carbocycles. The Morgan fingerprint density at radius 1 is 1.00 bits per heavy atom. The van der Waals surface area contributed by atoms with Crippen molar-refractivity contribution in [2.75, 3.05) is 26.3 Å². The highest BCUT2D eigenvalue weighted by Crippen LogP contribution is 2.23.